The van der Waals surface area contributed by atoms with E-state index >= 15 is 0 Å². The first-order valence-corrected chi connectivity index (χ1v) is 7.64. The number of rotatable bonds is 6. The number of para-hydroxylation sites is 1. The van der Waals surface area contributed by atoms with Gasteiger partial charge >= 0.3 is 0 Å². The first kappa shape index (κ1) is 16.4. The lowest BCUT2D eigenvalue weighted by atomic mass is 10.2. The number of benzene rings is 2. The van der Waals surface area contributed by atoms with Crippen LogP contribution in [0.5, 0.6) is 11.5 Å². The average Bonchev–Trinajstić information content (AvgIpc) is 3.05. The lowest BCUT2D eigenvalue weighted by Crippen LogP contribution is -2.19. The maximum atomic E-state index is 11.9. The van der Waals surface area contributed by atoms with E-state index in [0.717, 1.165) is 11.0 Å². The molecule has 8 nitrogen and oxygen atoms in total. The van der Waals surface area contributed by atoms with Crippen LogP contribution in [0.25, 0.3) is 11.0 Å². The summed E-state index contributed by atoms with van der Waals surface area (Å²) < 4.78 is 6.75. The van der Waals surface area contributed by atoms with Crippen LogP contribution in [0.2, 0.25) is 0 Å². The zero-order valence-corrected chi connectivity index (χ0v) is 13.6. The van der Waals surface area contributed by atoms with Crippen molar-refractivity contribution in [2.75, 3.05) is 7.11 Å². The van der Waals surface area contributed by atoms with Crippen LogP contribution in [-0.4, -0.2) is 39.3 Å². The highest BCUT2D eigenvalue weighted by atomic mass is 16.5. The van der Waals surface area contributed by atoms with E-state index in [-0.39, 0.29) is 18.1 Å². The lowest BCUT2D eigenvalue weighted by Gasteiger charge is -2.04. The van der Waals surface area contributed by atoms with Crippen LogP contribution < -0.4 is 10.2 Å². The number of hydrazone groups is 1. The van der Waals surface area contributed by atoms with Gasteiger partial charge in [0.25, 0.3) is 0 Å². The Morgan fingerprint density at radius 1 is 1.36 bits per heavy atom. The number of hydrogen-bond donors (Lipinski definition) is 2. The van der Waals surface area contributed by atoms with E-state index in [4.69, 9.17) is 4.74 Å². The number of fused-ring (bicyclic) bond motifs is 1. The molecule has 0 spiro atoms. The van der Waals surface area contributed by atoms with E-state index in [1.54, 1.807) is 16.8 Å². The summed E-state index contributed by atoms with van der Waals surface area (Å²) in [5.74, 6) is 0.370. The maximum absolute atomic E-state index is 11.9. The fraction of sp³-hybridized carbons (Fsp3) is 0.176. The van der Waals surface area contributed by atoms with Gasteiger partial charge in [0.2, 0.25) is 5.91 Å². The molecule has 0 saturated carbocycles. The van der Waals surface area contributed by atoms with Crippen molar-refractivity contribution < 1.29 is 14.6 Å². The van der Waals surface area contributed by atoms with Crippen LogP contribution in [-0.2, 0) is 11.3 Å². The van der Waals surface area contributed by atoms with Gasteiger partial charge in [0.05, 0.1) is 25.4 Å². The van der Waals surface area contributed by atoms with Gasteiger partial charge in [-0.2, -0.15) is 5.10 Å². The second-order valence-corrected chi connectivity index (χ2v) is 5.27. The molecular formula is C17H17N5O3. The predicted molar refractivity (Wildman–Crippen MR) is 92.5 cm³/mol. The monoisotopic (exact) mass is 339 g/mol. The average molecular weight is 339 g/mol. The van der Waals surface area contributed by atoms with Gasteiger partial charge in [-0.15, -0.1) is 5.10 Å². The topological polar surface area (TPSA) is 102 Å². The number of phenols is 1. The number of nitrogens with one attached hydrogen (secondary N) is 1. The number of hydrogen-bond acceptors (Lipinski definition) is 6. The number of carbonyl (C=O) groups is 1. The summed E-state index contributed by atoms with van der Waals surface area (Å²) in [6, 6.07) is 12.3. The normalized spacial score (nSPS) is 11.1. The van der Waals surface area contributed by atoms with Crippen molar-refractivity contribution in [3.05, 3.63) is 48.0 Å². The number of aromatic hydroxyl groups is 1. The smallest absolute Gasteiger partial charge is 0.241 e. The van der Waals surface area contributed by atoms with E-state index in [1.165, 1.54) is 19.4 Å². The molecule has 0 bridgehead atoms. The summed E-state index contributed by atoms with van der Waals surface area (Å²) in [5, 5.41) is 21.7. The Morgan fingerprint density at radius 3 is 3.04 bits per heavy atom. The molecule has 3 aromatic rings. The first-order valence-electron chi connectivity index (χ1n) is 7.64. The van der Waals surface area contributed by atoms with Crippen molar-refractivity contribution >= 4 is 23.2 Å². The minimum Gasteiger partial charge on any atom is -0.507 e. The van der Waals surface area contributed by atoms with Crippen molar-refractivity contribution in [3.8, 4) is 11.5 Å². The van der Waals surface area contributed by atoms with Crippen LogP contribution in [0, 0.1) is 0 Å². The fourth-order valence-electron chi connectivity index (χ4n) is 2.28. The number of methoxy groups -OCH3 is 1. The van der Waals surface area contributed by atoms with Crippen LogP contribution in [0.3, 0.4) is 0 Å². The standard InChI is InChI=1S/C17H17N5O3/c1-25-13-6-7-16(23)12(10-13)11-18-20-17(24)8-9-22-15-5-3-2-4-14(15)19-21-22/h2-7,10-11,23H,8-9H2,1H3,(H,20,24)/b18-11-. The van der Waals surface area contributed by atoms with Crippen molar-refractivity contribution in [1.29, 1.82) is 0 Å². The highest BCUT2D eigenvalue weighted by molar-refractivity contribution is 5.85. The van der Waals surface area contributed by atoms with E-state index in [0.29, 0.717) is 17.9 Å². The summed E-state index contributed by atoms with van der Waals surface area (Å²) in [7, 11) is 1.53. The largest absolute Gasteiger partial charge is 0.507 e. The number of nitrogens with zero attached hydrogens (tertiary/aromatic N) is 4. The summed E-state index contributed by atoms with van der Waals surface area (Å²) in [5.41, 5.74) is 4.53. The van der Waals surface area contributed by atoms with Crippen LogP contribution in [0.15, 0.2) is 47.6 Å². The van der Waals surface area contributed by atoms with E-state index in [9.17, 15) is 9.90 Å². The van der Waals surface area contributed by atoms with Gasteiger partial charge in [-0.25, -0.2) is 10.1 Å². The van der Waals surface area contributed by atoms with Gasteiger partial charge < -0.3 is 9.84 Å². The highest BCUT2D eigenvalue weighted by Gasteiger charge is 2.06. The summed E-state index contributed by atoms with van der Waals surface area (Å²) in [6.45, 7) is 0.395. The number of phenolic OH excluding ortho intramolecular Hbond substituents is 1. The molecule has 0 saturated heterocycles. The maximum Gasteiger partial charge on any atom is 0.241 e. The molecule has 0 aliphatic rings. The fourth-order valence-corrected chi connectivity index (χ4v) is 2.28. The first-order chi connectivity index (χ1) is 12.2. The van der Waals surface area contributed by atoms with Crippen LogP contribution in [0.4, 0.5) is 0 Å². The molecule has 8 heteroatoms. The molecule has 0 radical (unpaired) electrons. The summed E-state index contributed by atoms with van der Waals surface area (Å²) in [4.78, 5) is 11.9. The summed E-state index contributed by atoms with van der Waals surface area (Å²) >= 11 is 0. The summed E-state index contributed by atoms with van der Waals surface area (Å²) in [6.07, 6.45) is 1.56. The van der Waals surface area contributed by atoms with Crippen LogP contribution >= 0.6 is 0 Å². The number of carbonyl (C=O) groups excluding carboxylic acids is 1. The molecule has 0 fully saturated rings. The number of amides is 1. The lowest BCUT2D eigenvalue weighted by molar-refractivity contribution is -0.121. The minimum atomic E-state index is -0.266. The number of aryl methyl sites for hydroxylation is 1. The van der Waals surface area contributed by atoms with Gasteiger partial charge in [-0.3, -0.25) is 4.79 Å². The van der Waals surface area contributed by atoms with Gasteiger partial charge in [-0.1, -0.05) is 17.3 Å². The molecule has 1 heterocycles. The van der Waals surface area contributed by atoms with E-state index < -0.39 is 0 Å². The molecule has 1 aromatic heterocycles. The van der Waals surface area contributed by atoms with Crippen molar-refractivity contribution in [3.63, 3.8) is 0 Å². The molecule has 2 aromatic carbocycles. The molecule has 25 heavy (non-hydrogen) atoms. The van der Waals surface area contributed by atoms with Gasteiger partial charge in [0, 0.05) is 12.0 Å². The van der Waals surface area contributed by atoms with Gasteiger partial charge in [-0.05, 0) is 30.3 Å². The third-order valence-corrected chi connectivity index (χ3v) is 3.60. The molecule has 0 aliphatic carbocycles. The Labute approximate surface area is 143 Å². The Balaban J connectivity index is 1.56. The third-order valence-electron chi connectivity index (χ3n) is 3.60. The predicted octanol–water partition coefficient (Wildman–Crippen LogP) is 1.69. The highest BCUT2D eigenvalue weighted by Crippen LogP contribution is 2.20. The SMILES string of the molecule is COc1ccc(O)c(/C=N\NC(=O)CCn2nnc3ccccc32)c1. The molecule has 0 atom stereocenters. The Kier molecular flexibility index (Phi) is 4.89. The molecule has 3 rings (SSSR count). The Morgan fingerprint density at radius 2 is 2.20 bits per heavy atom. The Hall–Kier alpha value is -3.42. The molecule has 2 N–H and O–H groups in total. The molecule has 0 aliphatic heterocycles. The van der Waals surface area contributed by atoms with Crippen LogP contribution in [0.1, 0.15) is 12.0 Å². The molecule has 0 unspecified atom stereocenters. The van der Waals surface area contributed by atoms with Gasteiger partial charge in [0.15, 0.2) is 0 Å². The van der Waals surface area contributed by atoms with Crippen molar-refractivity contribution in [1.82, 2.24) is 20.4 Å². The zero-order valence-electron chi connectivity index (χ0n) is 13.6. The molecule has 128 valence electrons. The zero-order chi connectivity index (χ0) is 17.6. The minimum absolute atomic E-state index is 0.0490. The second-order valence-electron chi connectivity index (χ2n) is 5.27. The van der Waals surface area contributed by atoms with E-state index in [1.807, 2.05) is 24.3 Å². The second kappa shape index (κ2) is 7.43. The third kappa shape index (κ3) is 3.92. The quantitative estimate of drug-likeness (QED) is 0.525. The number of ether oxygens (including phenoxy) is 1. The Bertz CT molecular complexity index is 920. The van der Waals surface area contributed by atoms with Crippen molar-refractivity contribution in [2.24, 2.45) is 5.10 Å². The van der Waals surface area contributed by atoms with Gasteiger partial charge in [0.1, 0.15) is 17.0 Å². The number of aromatic nitrogens is 3. The van der Waals surface area contributed by atoms with Crippen molar-refractivity contribution in [2.45, 2.75) is 13.0 Å². The van der Waals surface area contributed by atoms with E-state index in [2.05, 4.69) is 20.8 Å². The molecular weight excluding hydrogens is 322 g/mol. The molecule has 1 amide bonds.